The largest absolute Gasteiger partial charge is 0.388 e. The highest BCUT2D eigenvalue weighted by molar-refractivity contribution is 7.18. The molecule has 2 aromatic heterocycles. The minimum Gasteiger partial charge on any atom is -0.388 e. The van der Waals surface area contributed by atoms with Gasteiger partial charge in [0.2, 0.25) is 0 Å². The Morgan fingerprint density at radius 1 is 1.48 bits per heavy atom. The van der Waals surface area contributed by atoms with Crippen LogP contribution in [0.4, 0.5) is 0 Å². The first-order chi connectivity index (χ1) is 10.0. The SMILES string of the molecule is CCc1cc2c(=O)n(CC3(O)CCC(C)CC3)cnc2s1. The maximum atomic E-state index is 12.6. The molecule has 0 radical (unpaired) electrons. The lowest BCUT2D eigenvalue weighted by Crippen LogP contribution is -2.40. The van der Waals surface area contributed by atoms with Gasteiger partial charge >= 0.3 is 0 Å². The molecule has 0 aliphatic heterocycles. The lowest BCUT2D eigenvalue weighted by molar-refractivity contribution is -0.0225. The van der Waals surface area contributed by atoms with Gasteiger partial charge in [-0.3, -0.25) is 9.36 Å². The van der Waals surface area contributed by atoms with Crippen molar-refractivity contribution < 1.29 is 5.11 Å². The van der Waals surface area contributed by atoms with E-state index in [4.69, 9.17) is 0 Å². The monoisotopic (exact) mass is 306 g/mol. The van der Waals surface area contributed by atoms with Crippen LogP contribution in [0.2, 0.25) is 0 Å². The third kappa shape index (κ3) is 2.90. The van der Waals surface area contributed by atoms with Crippen molar-refractivity contribution in [3.63, 3.8) is 0 Å². The van der Waals surface area contributed by atoms with Gasteiger partial charge in [0.25, 0.3) is 5.56 Å². The van der Waals surface area contributed by atoms with E-state index < -0.39 is 5.60 Å². The molecule has 114 valence electrons. The summed E-state index contributed by atoms with van der Waals surface area (Å²) in [7, 11) is 0. The fourth-order valence-electron chi connectivity index (χ4n) is 3.07. The zero-order valence-electron chi connectivity index (χ0n) is 12.6. The van der Waals surface area contributed by atoms with E-state index in [1.165, 1.54) is 4.88 Å². The maximum absolute atomic E-state index is 12.6. The predicted octanol–water partition coefficient (Wildman–Crippen LogP) is 2.96. The minimum absolute atomic E-state index is 0.0250. The molecule has 1 aliphatic rings. The van der Waals surface area contributed by atoms with Crippen LogP contribution >= 0.6 is 11.3 Å². The quantitative estimate of drug-likeness (QED) is 0.948. The molecule has 1 aliphatic carbocycles. The molecule has 2 heterocycles. The third-order valence-electron chi connectivity index (χ3n) is 4.59. The van der Waals surface area contributed by atoms with Crippen LogP contribution < -0.4 is 5.56 Å². The molecule has 1 N–H and O–H groups in total. The van der Waals surface area contributed by atoms with Crippen molar-refractivity contribution in [3.05, 3.63) is 27.6 Å². The molecule has 0 saturated heterocycles. The molecule has 1 fully saturated rings. The minimum atomic E-state index is -0.755. The summed E-state index contributed by atoms with van der Waals surface area (Å²) in [6.07, 6.45) is 6.10. The fraction of sp³-hybridized carbons (Fsp3) is 0.625. The molecule has 0 unspecified atom stereocenters. The van der Waals surface area contributed by atoms with Gasteiger partial charge in [-0.2, -0.15) is 0 Å². The smallest absolute Gasteiger partial charge is 0.262 e. The van der Waals surface area contributed by atoms with Gasteiger partial charge in [0.15, 0.2) is 0 Å². The molecule has 0 atom stereocenters. The maximum Gasteiger partial charge on any atom is 0.262 e. The molecule has 5 heteroatoms. The average Bonchev–Trinajstić information content (AvgIpc) is 2.90. The summed E-state index contributed by atoms with van der Waals surface area (Å²) in [6.45, 7) is 4.66. The van der Waals surface area contributed by atoms with Gasteiger partial charge in [0, 0.05) is 4.88 Å². The molecule has 0 bridgehead atoms. The van der Waals surface area contributed by atoms with Crippen molar-refractivity contribution in [2.45, 2.75) is 58.1 Å². The van der Waals surface area contributed by atoms with E-state index in [1.807, 2.05) is 6.07 Å². The molecule has 0 spiro atoms. The first-order valence-electron chi connectivity index (χ1n) is 7.71. The van der Waals surface area contributed by atoms with E-state index in [9.17, 15) is 9.90 Å². The van der Waals surface area contributed by atoms with Crippen LogP contribution in [0.5, 0.6) is 0 Å². The lowest BCUT2D eigenvalue weighted by Gasteiger charge is -2.35. The second kappa shape index (κ2) is 5.54. The second-order valence-electron chi connectivity index (χ2n) is 6.37. The Labute approximate surface area is 128 Å². The molecule has 0 aromatic carbocycles. The number of fused-ring (bicyclic) bond motifs is 1. The normalized spacial score (nSPS) is 26.3. The van der Waals surface area contributed by atoms with Crippen LogP contribution in [0.1, 0.15) is 44.4 Å². The summed E-state index contributed by atoms with van der Waals surface area (Å²) >= 11 is 1.58. The number of hydrogen-bond acceptors (Lipinski definition) is 4. The Morgan fingerprint density at radius 2 is 2.19 bits per heavy atom. The zero-order chi connectivity index (χ0) is 15.0. The Kier molecular flexibility index (Phi) is 3.88. The number of aliphatic hydroxyl groups is 1. The number of hydrogen-bond donors (Lipinski definition) is 1. The first kappa shape index (κ1) is 14.7. The summed E-state index contributed by atoms with van der Waals surface area (Å²) < 4.78 is 1.59. The molecular weight excluding hydrogens is 284 g/mol. The van der Waals surface area contributed by atoms with Crippen LogP contribution in [0.15, 0.2) is 17.2 Å². The predicted molar refractivity (Wildman–Crippen MR) is 85.8 cm³/mol. The van der Waals surface area contributed by atoms with Crippen molar-refractivity contribution in [2.75, 3.05) is 0 Å². The fourth-order valence-corrected chi connectivity index (χ4v) is 4.00. The Balaban J connectivity index is 1.90. The third-order valence-corrected chi connectivity index (χ3v) is 5.77. The molecule has 3 rings (SSSR count). The van der Waals surface area contributed by atoms with E-state index >= 15 is 0 Å². The van der Waals surface area contributed by atoms with E-state index in [0.29, 0.717) is 17.8 Å². The number of nitrogens with zero attached hydrogens (tertiary/aromatic N) is 2. The molecule has 21 heavy (non-hydrogen) atoms. The summed E-state index contributed by atoms with van der Waals surface area (Å²) in [6, 6.07) is 1.94. The van der Waals surface area contributed by atoms with Crippen molar-refractivity contribution in [3.8, 4) is 0 Å². The van der Waals surface area contributed by atoms with Crippen LogP contribution in [0.25, 0.3) is 10.2 Å². The Hall–Kier alpha value is -1.20. The number of aromatic nitrogens is 2. The van der Waals surface area contributed by atoms with Crippen molar-refractivity contribution >= 4 is 21.6 Å². The standard InChI is InChI=1S/C16H22N2O2S/c1-3-12-8-13-14(21-12)17-10-18(15(13)19)9-16(20)6-4-11(2)5-7-16/h8,10-11,20H,3-7,9H2,1-2H3. The van der Waals surface area contributed by atoms with Crippen LogP contribution in [0, 0.1) is 5.92 Å². The van der Waals surface area contributed by atoms with E-state index in [0.717, 1.165) is 36.9 Å². The highest BCUT2D eigenvalue weighted by Crippen LogP contribution is 2.32. The topological polar surface area (TPSA) is 55.1 Å². The van der Waals surface area contributed by atoms with Gasteiger partial charge in [-0.25, -0.2) is 4.98 Å². The second-order valence-corrected chi connectivity index (χ2v) is 7.48. The van der Waals surface area contributed by atoms with Crippen molar-refractivity contribution in [2.24, 2.45) is 5.92 Å². The lowest BCUT2D eigenvalue weighted by atomic mass is 9.79. The van der Waals surface area contributed by atoms with Crippen LogP contribution in [-0.2, 0) is 13.0 Å². The van der Waals surface area contributed by atoms with Gasteiger partial charge in [0.1, 0.15) is 4.83 Å². The van der Waals surface area contributed by atoms with Crippen molar-refractivity contribution in [1.82, 2.24) is 9.55 Å². The van der Waals surface area contributed by atoms with Gasteiger partial charge in [-0.15, -0.1) is 11.3 Å². The zero-order valence-corrected chi connectivity index (χ0v) is 13.4. The Morgan fingerprint density at radius 3 is 2.86 bits per heavy atom. The van der Waals surface area contributed by atoms with Gasteiger partial charge in [0.05, 0.1) is 23.9 Å². The number of rotatable bonds is 3. The summed E-state index contributed by atoms with van der Waals surface area (Å²) in [4.78, 5) is 18.9. The highest BCUT2D eigenvalue weighted by atomic mass is 32.1. The summed E-state index contributed by atoms with van der Waals surface area (Å²) in [5.41, 5.74) is -0.780. The molecule has 0 amide bonds. The number of thiophene rings is 1. The van der Waals surface area contributed by atoms with Gasteiger partial charge in [-0.1, -0.05) is 13.8 Å². The number of aryl methyl sites for hydroxylation is 1. The molecular formula is C16H22N2O2S. The van der Waals surface area contributed by atoms with E-state index in [-0.39, 0.29) is 5.56 Å². The molecule has 2 aromatic rings. The average molecular weight is 306 g/mol. The summed E-state index contributed by atoms with van der Waals surface area (Å²) in [5.74, 6) is 0.673. The Bertz CT molecular complexity index is 696. The van der Waals surface area contributed by atoms with Crippen molar-refractivity contribution in [1.29, 1.82) is 0 Å². The highest BCUT2D eigenvalue weighted by Gasteiger charge is 2.32. The van der Waals surface area contributed by atoms with E-state index in [1.54, 1.807) is 22.2 Å². The van der Waals surface area contributed by atoms with Gasteiger partial charge < -0.3 is 5.11 Å². The summed E-state index contributed by atoms with van der Waals surface area (Å²) in [5, 5.41) is 11.4. The first-order valence-corrected chi connectivity index (χ1v) is 8.52. The van der Waals surface area contributed by atoms with Gasteiger partial charge in [-0.05, 0) is 44.1 Å². The van der Waals surface area contributed by atoms with E-state index in [2.05, 4.69) is 18.8 Å². The molecule has 1 saturated carbocycles. The van der Waals surface area contributed by atoms with Crippen LogP contribution in [0.3, 0.4) is 0 Å². The molecule has 4 nitrogen and oxygen atoms in total. The van der Waals surface area contributed by atoms with Crippen LogP contribution in [-0.4, -0.2) is 20.3 Å².